The molecule has 1 N–H and O–H groups in total. The molecule has 2 aromatic carbocycles. The Morgan fingerprint density at radius 3 is 2.60 bits per heavy atom. The first kappa shape index (κ1) is 17.2. The van der Waals surface area contributed by atoms with Crippen molar-refractivity contribution in [2.75, 3.05) is 5.32 Å². The Balaban J connectivity index is 1.56. The van der Waals surface area contributed by atoms with E-state index in [0.29, 0.717) is 23.2 Å². The van der Waals surface area contributed by atoms with Crippen LogP contribution in [0, 0.1) is 5.82 Å². The average molecular weight is 357 g/mol. The minimum Gasteiger partial charge on any atom is -0.416 e. The van der Waals surface area contributed by atoms with Crippen LogP contribution in [0.4, 0.5) is 10.1 Å². The summed E-state index contributed by atoms with van der Waals surface area (Å²) in [6.07, 6.45) is 0.546. The van der Waals surface area contributed by atoms with Crippen molar-refractivity contribution in [3.63, 3.8) is 0 Å². The first-order chi connectivity index (χ1) is 12.1. The van der Waals surface area contributed by atoms with Gasteiger partial charge in [-0.3, -0.25) is 4.79 Å². The molecule has 128 valence electrons. The van der Waals surface area contributed by atoms with Crippen LogP contribution in [0.15, 0.2) is 64.2 Å². The summed E-state index contributed by atoms with van der Waals surface area (Å²) in [5, 5.41) is 10.6. The van der Waals surface area contributed by atoms with E-state index in [-0.39, 0.29) is 11.7 Å². The number of carbonyl (C=O) groups is 1. The zero-order valence-electron chi connectivity index (χ0n) is 13.5. The summed E-state index contributed by atoms with van der Waals surface area (Å²) in [7, 11) is 0. The quantitative estimate of drug-likeness (QED) is 0.677. The zero-order valence-corrected chi connectivity index (χ0v) is 14.3. The van der Waals surface area contributed by atoms with Gasteiger partial charge >= 0.3 is 0 Å². The molecule has 7 heteroatoms. The van der Waals surface area contributed by atoms with Gasteiger partial charge in [0.05, 0.1) is 11.7 Å². The number of nitrogens with one attached hydrogen (secondary N) is 1. The number of halogens is 1. The van der Waals surface area contributed by atoms with E-state index < -0.39 is 5.25 Å². The predicted octanol–water partition coefficient (Wildman–Crippen LogP) is 3.92. The number of hydrogen-bond donors (Lipinski definition) is 1. The standard InChI is InChI=1S/C18H16FN3O2S/c1-12(17(23)20-15-9-7-14(19)8-10-15)25-18-22-21-16(24-18)11-13-5-3-2-4-6-13/h2-10,12H,11H2,1H3,(H,20,23)/t12-/m0/s1. The van der Waals surface area contributed by atoms with E-state index in [4.69, 9.17) is 4.42 Å². The molecule has 0 unspecified atom stereocenters. The Hall–Kier alpha value is -2.67. The van der Waals surface area contributed by atoms with E-state index >= 15 is 0 Å². The van der Waals surface area contributed by atoms with Crippen molar-refractivity contribution in [3.8, 4) is 0 Å². The maximum absolute atomic E-state index is 12.9. The Morgan fingerprint density at radius 2 is 1.88 bits per heavy atom. The van der Waals surface area contributed by atoms with Crippen LogP contribution in [-0.4, -0.2) is 21.4 Å². The van der Waals surface area contributed by atoms with Gasteiger partial charge in [0, 0.05) is 5.69 Å². The molecule has 0 fully saturated rings. The van der Waals surface area contributed by atoms with Gasteiger partial charge in [-0.05, 0) is 36.8 Å². The molecular weight excluding hydrogens is 341 g/mol. The summed E-state index contributed by atoms with van der Waals surface area (Å²) in [5.41, 5.74) is 1.61. The lowest BCUT2D eigenvalue weighted by atomic mass is 10.2. The minimum absolute atomic E-state index is 0.223. The van der Waals surface area contributed by atoms with Crippen LogP contribution in [0.1, 0.15) is 18.4 Å². The predicted molar refractivity (Wildman–Crippen MR) is 93.9 cm³/mol. The highest BCUT2D eigenvalue weighted by atomic mass is 32.2. The van der Waals surface area contributed by atoms with Crippen LogP contribution in [0.5, 0.6) is 0 Å². The molecule has 0 aliphatic carbocycles. The van der Waals surface area contributed by atoms with Gasteiger partial charge in [0.1, 0.15) is 5.82 Å². The van der Waals surface area contributed by atoms with E-state index in [1.807, 2.05) is 30.3 Å². The molecule has 1 aromatic heterocycles. The van der Waals surface area contributed by atoms with Crippen LogP contribution in [-0.2, 0) is 11.2 Å². The topological polar surface area (TPSA) is 68.0 Å². The monoisotopic (exact) mass is 357 g/mol. The highest BCUT2D eigenvalue weighted by molar-refractivity contribution is 8.00. The van der Waals surface area contributed by atoms with Crippen molar-refractivity contribution in [1.29, 1.82) is 0 Å². The Bertz CT molecular complexity index is 837. The summed E-state index contributed by atoms with van der Waals surface area (Å²) in [6.45, 7) is 1.74. The van der Waals surface area contributed by atoms with Crippen molar-refractivity contribution < 1.29 is 13.6 Å². The fourth-order valence-electron chi connectivity index (χ4n) is 2.11. The second-order valence-electron chi connectivity index (χ2n) is 5.38. The molecule has 0 saturated heterocycles. The van der Waals surface area contributed by atoms with Gasteiger partial charge in [-0.1, -0.05) is 42.1 Å². The lowest BCUT2D eigenvalue weighted by molar-refractivity contribution is -0.115. The van der Waals surface area contributed by atoms with E-state index in [9.17, 15) is 9.18 Å². The first-order valence-corrected chi connectivity index (χ1v) is 8.57. The molecule has 5 nitrogen and oxygen atoms in total. The number of nitrogens with zero attached hydrogens (tertiary/aromatic N) is 2. The summed E-state index contributed by atoms with van der Waals surface area (Å²) >= 11 is 1.18. The van der Waals surface area contributed by atoms with E-state index in [0.717, 1.165) is 5.56 Å². The highest BCUT2D eigenvalue weighted by Gasteiger charge is 2.18. The van der Waals surface area contributed by atoms with Crippen LogP contribution >= 0.6 is 11.8 Å². The van der Waals surface area contributed by atoms with Gasteiger partial charge in [0.2, 0.25) is 11.8 Å². The second-order valence-corrected chi connectivity index (χ2v) is 6.67. The molecular formula is C18H16FN3O2S. The molecule has 0 spiro atoms. The van der Waals surface area contributed by atoms with Crippen molar-refractivity contribution in [3.05, 3.63) is 71.9 Å². The molecule has 3 rings (SSSR count). The number of aromatic nitrogens is 2. The maximum Gasteiger partial charge on any atom is 0.277 e. The van der Waals surface area contributed by atoms with Crippen LogP contribution < -0.4 is 5.32 Å². The third kappa shape index (κ3) is 4.90. The maximum atomic E-state index is 12.9. The molecule has 1 heterocycles. The summed E-state index contributed by atoms with van der Waals surface area (Å²) < 4.78 is 18.5. The fraction of sp³-hybridized carbons (Fsp3) is 0.167. The molecule has 0 radical (unpaired) electrons. The van der Waals surface area contributed by atoms with Crippen LogP contribution in [0.2, 0.25) is 0 Å². The van der Waals surface area contributed by atoms with Crippen molar-refractivity contribution in [2.24, 2.45) is 0 Å². The third-order valence-corrected chi connectivity index (χ3v) is 4.34. The van der Waals surface area contributed by atoms with Crippen molar-refractivity contribution >= 4 is 23.4 Å². The SMILES string of the molecule is C[C@H](Sc1nnc(Cc2ccccc2)o1)C(=O)Nc1ccc(F)cc1. The van der Waals surface area contributed by atoms with Gasteiger partial charge in [0.15, 0.2) is 0 Å². The summed E-state index contributed by atoms with van der Waals surface area (Å²) in [4.78, 5) is 12.2. The van der Waals surface area contributed by atoms with Crippen molar-refractivity contribution in [2.45, 2.75) is 23.8 Å². The third-order valence-electron chi connectivity index (χ3n) is 3.41. The Morgan fingerprint density at radius 1 is 1.16 bits per heavy atom. The Labute approximate surface area is 148 Å². The fourth-order valence-corrected chi connectivity index (χ4v) is 2.81. The molecule has 1 amide bonds. The largest absolute Gasteiger partial charge is 0.416 e. The molecule has 0 bridgehead atoms. The lowest BCUT2D eigenvalue weighted by Crippen LogP contribution is -2.22. The van der Waals surface area contributed by atoms with Gasteiger partial charge in [-0.2, -0.15) is 0 Å². The number of anilines is 1. The number of amides is 1. The van der Waals surface area contributed by atoms with Crippen LogP contribution in [0.25, 0.3) is 0 Å². The van der Waals surface area contributed by atoms with Gasteiger partial charge in [0.25, 0.3) is 5.22 Å². The molecule has 25 heavy (non-hydrogen) atoms. The number of rotatable bonds is 6. The molecule has 0 aliphatic rings. The Kier molecular flexibility index (Phi) is 5.45. The van der Waals surface area contributed by atoms with Gasteiger partial charge < -0.3 is 9.73 Å². The number of carbonyl (C=O) groups excluding carboxylic acids is 1. The number of hydrogen-bond acceptors (Lipinski definition) is 5. The van der Waals surface area contributed by atoms with E-state index in [1.165, 1.54) is 36.0 Å². The number of thioether (sulfide) groups is 1. The summed E-state index contributed by atoms with van der Waals surface area (Å²) in [6, 6.07) is 15.4. The number of benzene rings is 2. The normalized spacial score (nSPS) is 11.9. The van der Waals surface area contributed by atoms with Gasteiger partial charge in [-0.15, -0.1) is 10.2 Å². The smallest absolute Gasteiger partial charge is 0.277 e. The van der Waals surface area contributed by atoms with E-state index in [1.54, 1.807) is 6.92 Å². The summed E-state index contributed by atoms with van der Waals surface area (Å²) in [5.74, 6) is -0.0727. The average Bonchev–Trinajstić information content (AvgIpc) is 3.04. The van der Waals surface area contributed by atoms with E-state index in [2.05, 4.69) is 15.5 Å². The first-order valence-electron chi connectivity index (χ1n) is 7.69. The molecule has 0 saturated carbocycles. The second kappa shape index (κ2) is 7.94. The lowest BCUT2D eigenvalue weighted by Gasteiger charge is -2.09. The highest BCUT2D eigenvalue weighted by Crippen LogP contribution is 2.23. The van der Waals surface area contributed by atoms with Crippen LogP contribution in [0.3, 0.4) is 0 Å². The molecule has 1 atom stereocenters. The van der Waals surface area contributed by atoms with Gasteiger partial charge in [-0.25, -0.2) is 4.39 Å². The molecule has 3 aromatic rings. The van der Waals surface area contributed by atoms with Crippen molar-refractivity contribution in [1.82, 2.24) is 10.2 Å². The minimum atomic E-state index is -0.435. The molecule has 0 aliphatic heterocycles. The zero-order chi connectivity index (χ0) is 17.6.